The number of likely N-dealkylation sites (tertiary alicyclic amines) is 1. The van der Waals surface area contributed by atoms with Gasteiger partial charge in [-0.3, -0.25) is 4.79 Å². The van der Waals surface area contributed by atoms with Gasteiger partial charge in [-0.25, -0.2) is 0 Å². The van der Waals surface area contributed by atoms with E-state index in [2.05, 4.69) is 5.32 Å². The first-order chi connectivity index (χ1) is 9.15. The summed E-state index contributed by atoms with van der Waals surface area (Å²) < 4.78 is 0. The third kappa shape index (κ3) is 2.26. The number of benzene rings is 1. The zero-order chi connectivity index (χ0) is 13.4. The SMILES string of the molecule is O=C(c1c(O)cccc1O)N1CCC2CCC(C1)N2. The van der Waals surface area contributed by atoms with Gasteiger partial charge in [0.25, 0.3) is 5.91 Å². The van der Waals surface area contributed by atoms with Crippen molar-refractivity contribution >= 4 is 5.91 Å². The maximum atomic E-state index is 12.4. The van der Waals surface area contributed by atoms with E-state index in [4.69, 9.17) is 0 Å². The first kappa shape index (κ1) is 12.3. The van der Waals surface area contributed by atoms with Crippen LogP contribution in [0.1, 0.15) is 29.6 Å². The summed E-state index contributed by atoms with van der Waals surface area (Å²) in [5, 5.41) is 23.0. The number of nitrogens with one attached hydrogen (secondary N) is 1. The van der Waals surface area contributed by atoms with E-state index in [0.717, 1.165) is 12.8 Å². The molecule has 3 rings (SSSR count). The number of phenols is 2. The second-order valence-corrected chi connectivity index (χ2v) is 5.35. The third-order valence-electron chi connectivity index (χ3n) is 4.04. The molecule has 0 saturated carbocycles. The quantitative estimate of drug-likeness (QED) is 0.707. The molecule has 2 fully saturated rings. The molecule has 3 N–H and O–H groups in total. The molecule has 102 valence electrons. The summed E-state index contributed by atoms with van der Waals surface area (Å²) in [5.41, 5.74) is 0.0141. The lowest BCUT2D eigenvalue weighted by Gasteiger charge is -2.24. The number of fused-ring (bicyclic) bond motifs is 2. The number of carbonyl (C=O) groups is 1. The second kappa shape index (κ2) is 4.74. The third-order valence-corrected chi connectivity index (χ3v) is 4.04. The number of nitrogens with zero attached hydrogens (tertiary/aromatic N) is 1. The number of rotatable bonds is 1. The van der Waals surface area contributed by atoms with Crippen molar-refractivity contribution in [3.8, 4) is 11.5 Å². The number of amides is 1. The van der Waals surface area contributed by atoms with Crippen molar-refractivity contribution in [3.63, 3.8) is 0 Å². The minimum Gasteiger partial charge on any atom is -0.507 e. The average Bonchev–Trinajstić information content (AvgIpc) is 2.68. The van der Waals surface area contributed by atoms with Crippen LogP contribution in [0, 0.1) is 0 Å². The normalized spacial score (nSPS) is 26.2. The Morgan fingerprint density at radius 2 is 1.84 bits per heavy atom. The lowest BCUT2D eigenvalue weighted by atomic mass is 10.1. The molecule has 2 saturated heterocycles. The molecule has 1 aromatic carbocycles. The predicted octanol–water partition coefficient (Wildman–Crippen LogP) is 1.06. The van der Waals surface area contributed by atoms with Crippen LogP contribution in [-0.4, -0.2) is 46.2 Å². The van der Waals surface area contributed by atoms with Gasteiger partial charge in [-0.15, -0.1) is 0 Å². The van der Waals surface area contributed by atoms with Crippen LogP contribution in [-0.2, 0) is 0 Å². The van der Waals surface area contributed by atoms with E-state index in [1.54, 1.807) is 4.90 Å². The van der Waals surface area contributed by atoms with Gasteiger partial charge in [-0.2, -0.15) is 0 Å². The summed E-state index contributed by atoms with van der Waals surface area (Å²) >= 11 is 0. The molecule has 1 aromatic rings. The van der Waals surface area contributed by atoms with E-state index < -0.39 is 0 Å². The number of hydrogen-bond donors (Lipinski definition) is 3. The molecule has 1 amide bonds. The molecule has 2 aliphatic heterocycles. The Bertz CT molecular complexity index is 483. The van der Waals surface area contributed by atoms with Crippen LogP contribution >= 0.6 is 0 Å². The van der Waals surface area contributed by atoms with Gasteiger partial charge in [0.15, 0.2) is 0 Å². The Hall–Kier alpha value is -1.75. The van der Waals surface area contributed by atoms with E-state index in [-0.39, 0.29) is 23.0 Å². The van der Waals surface area contributed by atoms with Gasteiger partial charge in [0.2, 0.25) is 0 Å². The van der Waals surface area contributed by atoms with Gasteiger partial charge in [0.1, 0.15) is 17.1 Å². The topological polar surface area (TPSA) is 72.8 Å². The number of aromatic hydroxyl groups is 2. The van der Waals surface area contributed by atoms with Gasteiger partial charge in [0, 0.05) is 25.2 Å². The zero-order valence-electron chi connectivity index (χ0n) is 10.7. The highest BCUT2D eigenvalue weighted by Crippen LogP contribution is 2.29. The molecule has 2 atom stereocenters. The van der Waals surface area contributed by atoms with E-state index in [9.17, 15) is 15.0 Å². The fourth-order valence-corrected chi connectivity index (χ4v) is 3.03. The highest BCUT2D eigenvalue weighted by atomic mass is 16.3. The summed E-state index contributed by atoms with van der Waals surface area (Å²) in [6, 6.07) is 5.21. The largest absolute Gasteiger partial charge is 0.507 e. The summed E-state index contributed by atoms with van der Waals surface area (Å²) in [6.45, 7) is 1.31. The molecular weight excluding hydrogens is 244 g/mol. The van der Waals surface area contributed by atoms with Gasteiger partial charge < -0.3 is 20.4 Å². The molecule has 2 aliphatic rings. The first-order valence-corrected chi connectivity index (χ1v) is 6.71. The van der Waals surface area contributed by atoms with Gasteiger partial charge >= 0.3 is 0 Å². The van der Waals surface area contributed by atoms with Crippen LogP contribution < -0.4 is 5.32 Å². The fraction of sp³-hybridized carbons (Fsp3) is 0.500. The summed E-state index contributed by atoms with van der Waals surface area (Å²) in [4.78, 5) is 14.2. The molecule has 0 aromatic heterocycles. The predicted molar refractivity (Wildman–Crippen MR) is 70.2 cm³/mol. The summed E-state index contributed by atoms with van der Waals surface area (Å²) in [6.07, 6.45) is 3.19. The number of hydrogen-bond acceptors (Lipinski definition) is 4. The molecule has 2 bridgehead atoms. The second-order valence-electron chi connectivity index (χ2n) is 5.35. The van der Waals surface area contributed by atoms with Crippen molar-refractivity contribution < 1.29 is 15.0 Å². The highest BCUT2D eigenvalue weighted by Gasteiger charge is 2.32. The zero-order valence-corrected chi connectivity index (χ0v) is 10.7. The molecule has 5 heteroatoms. The monoisotopic (exact) mass is 262 g/mol. The minimum absolute atomic E-state index is 0.0141. The van der Waals surface area contributed by atoms with Crippen molar-refractivity contribution in [2.45, 2.75) is 31.3 Å². The van der Waals surface area contributed by atoms with E-state index in [1.165, 1.54) is 24.6 Å². The average molecular weight is 262 g/mol. The fourth-order valence-electron chi connectivity index (χ4n) is 3.03. The van der Waals surface area contributed by atoms with Crippen molar-refractivity contribution in [3.05, 3.63) is 23.8 Å². The van der Waals surface area contributed by atoms with E-state index >= 15 is 0 Å². The first-order valence-electron chi connectivity index (χ1n) is 6.71. The lowest BCUT2D eigenvalue weighted by Crippen LogP contribution is -2.39. The molecule has 0 aliphatic carbocycles. The van der Waals surface area contributed by atoms with Crippen LogP contribution in [0.25, 0.3) is 0 Å². The molecular formula is C14H18N2O3. The minimum atomic E-state index is -0.287. The Labute approximate surface area is 111 Å². The summed E-state index contributed by atoms with van der Waals surface area (Å²) in [5.74, 6) is -0.607. The molecule has 0 spiro atoms. The molecule has 0 radical (unpaired) electrons. The number of phenolic OH excluding ortho intramolecular Hbond substituents is 2. The van der Waals surface area contributed by atoms with Crippen molar-refractivity contribution in [2.24, 2.45) is 0 Å². The Balaban J connectivity index is 1.84. The van der Waals surface area contributed by atoms with Crippen molar-refractivity contribution in [1.82, 2.24) is 10.2 Å². The van der Waals surface area contributed by atoms with E-state index in [0.29, 0.717) is 25.2 Å². The van der Waals surface area contributed by atoms with Crippen LogP contribution in [0.4, 0.5) is 0 Å². The van der Waals surface area contributed by atoms with Crippen molar-refractivity contribution in [1.29, 1.82) is 0 Å². The Kier molecular flexibility index (Phi) is 3.06. The molecule has 5 nitrogen and oxygen atoms in total. The van der Waals surface area contributed by atoms with Crippen LogP contribution in [0.3, 0.4) is 0 Å². The van der Waals surface area contributed by atoms with E-state index in [1.807, 2.05) is 0 Å². The maximum absolute atomic E-state index is 12.4. The van der Waals surface area contributed by atoms with Gasteiger partial charge in [-0.05, 0) is 31.4 Å². The van der Waals surface area contributed by atoms with Gasteiger partial charge in [-0.1, -0.05) is 6.07 Å². The molecule has 19 heavy (non-hydrogen) atoms. The Morgan fingerprint density at radius 3 is 2.58 bits per heavy atom. The Morgan fingerprint density at radius 1 is 1.16 bits per heavy atom. The molecule has 2 unspecified atom stereocenters. The maximum Gasteiger partial charge on any atom is 0.261 e. The summed E-state index contributed by atoms with van der Waals surface area (Å²) in [7, 11) is 0. The van der Waals surface area contributed by atoms with Crippen LogP contribution in [0.5, 0.6) is 11.5 Å². The van der Waals surface area contributed by atoms with Crippen molar-refractivity contribution in [2.75, 3.05) is 13.1 Å². The standard InChI is InChI=1S/C14H18N2O3/c17-11-2-1-3-12(18)13(11)14(19)16-7-6-9-4-5-10(8-16)15-9/h1-3,9-10,15,17-18H,4-8H2. The highest BCUT2D eigenvalue weighted by molar-refractivity contribution is 5.99. The lowest BCUT2D eigenvalue weighted by molar-refractivity contribution is 0.0742. The smallest absolute Gasteiger partial charge is 0.261 e. The van der Waals surface area contributed by atoms with Crippen LogP contribution in [0.15, 0.2) is 18.2 Å². The van der Waals surface area contributed by atoms with Gasteiger partial charge in [0.05, 0.1) is 0 Å². The number of carbonyl (C=O) groups excluding carboxylic acids is 1. The van der Waals surface area contributed by atoms with Crippen LogP contribution in [0.2, 0.25) is 0 Å². The molecule has 2 heterocycles.